The van der Waals surface area contributed by atoms with Crippen LogP contribution in [0.15, 0.2) is 157 Å². The van der Waals surface area contributed by atoms with E-state index in [0.29, 0.717) is 0 Å². The number of benzene rings is 5. The molecule has 0 spiro atoms. The second-order valence-corrected chi connectivity index (χ2v) is 15.1. The Bertz CT molecular complexity index is 2180. The molecule has 5 aromatic rings. The van der Waals surface area contributed by atoms with E-state index in [4.69, 9.17) is 33.2 Å². The van der Waals surface area contributed by atoms with Crippen LogP contribution in [0.3, 0.4) is 0 Å². The van der Waals surface area contributed by atoms with Gasteiger partial charge in [0.2, 0.25) is 0 Å². The average molecular weight is 835 g/mol. The zero-order valence-electron chi connectivity index (χ0n) is 32.2. The minimum absolute atomic E-state index is 0.113. The van der Waals surface area contributed by atoms with Crippen molar-refractivity contribution in [2.24, 2.45) is 0 Å². The number of ether oxygens (including phenoxy) is 7. The minimum atomic E-state index is -1.74. The van der Waals surface area contributed by atoms with Crippen molar-refractivity contribution in [3.8, 4) is 0 Å². The lowest BCUT2D eigenvalue weighted by atomic mass is 9.96. The first-order valence-electron chi connectivity index (χ1n) is 19.2. The summed E-state index contributed by atoms with van der Waals surface area (Å²) in [5.74, 6) is -3.37. The monoisotopic (exact) mass is 834 g/mol. The van der Waals surface area contributed by atoms with Gasteiger partial charge in [0.05, 0.1) is 28.4 Å². The highest BCUT2D eigenvalue weighted by molar-refractivity contribution is 7.99. The number of hydrogen-bond donors (Lipinski definition) is 2. The Kier molecular flexibility index (Phi) is 14.0. The Morgan fingerprint density at radius 1 is 0.517 bits per heavy atom. The van der Waals surface area contributed by atoms with Crippen molar-refractivity contribution in [3.63, 3.8) is 0 Å². The number of carbonyl (C=O) groups excluding carboxylic acids is 4. The molecule has 14 heteroatoms. The Morgan fingerprint density at radius 3 is 1.42 bits per heavy atom. The van der Waals surface area contributed by atoms with Crippen LogP contribution in [0.25, 0.3) is 0 Å². The fourth-order valence-corrected chi connectivity index (χ4v) is 7.84. The molecule has 60 heavy (non-hydrogen) atoms. The third kappa shape index (κ3) is 10.3. The summed E-state index contributed by atoms with van der Waals surface area (Å²) in [6.07, 6.45) is -13.4. The van der Waals surface area contributed by atoms with E-state index in [1.54, 1.807) is 91.9 Å². The standard InChI is InChI=1S/C46H42O13S/c1-28-35(47)36(48)38(46(54-28)60-33-25-15-6-16-26-33)59-45-40(58-44(52)32-23-13-5-14-24-32)39(57-43(51)31-21-11-4-12-22-31)37(56-42(50)30-19-9-3-10-20-30)34(55-45)27-53-41(49)29-17-7-2-8-18-29/h2-26,28,34-40,45-48H,27H2,1H3/t28-,34+,35+,36+,37-,38-,39-,40+,45-,46+/m0/s1. The fourth-order valence-electron chi connectivity index (χ4n) is 6.67. The highest BCUT2D eigenvalue weighted by atomic mass is 32.2. The topological polar surface area (TPSA) is 173 Å². The number of aliphatic hydroxyl groups is 2. The maximum atomic E-state index is 14.0. The molecule has 7 rings (SSSR count). The van der Waals surface area contributed by atoms with Gasteiger partial charge in [0.1, 0.15) is 36.5 Å². The van der Waals surface area contributed by atoms with Crippen molar-refractivity contribution in [1.82, 2.24) is 0 Å². The Balaban J connectivity index is 1.31. The van der Waals surface area contributed by atoms with Crippen LogP contribution < -0.4 is 0 Å². The summed E-state index contributed by atoms with van der Waals surface area (Å²) in [4.78, 5) is 55.9. The predicted octanol–water partition coefficient (Wildman–Crippen LogP) is 5.89. The fraction of sp³-hybridized carbons (Fsp3) is 0.261. The second-order valence-electron chi connectivity index (χ2n) is 13.9. The normalized spacial score (nSPS) is 26.2. The number of rotatable bonds is 13. The van der Waals surface area contributed by atoms with E-state index in [9.17, 15) is 29.4 Å². The maximum Gasteiger partial charge on any atom is 0.338 e. The molecule has 2 fully saturated rings. The third-order valence-corrected chi connectivity index (χ3v) is 11.0. The van der Waals surface area contributed by atoms with Crippen molar-refractivity contribution >= 4 is 35.6 Å². The summed E-state index contributed by atoms with van der Waals surface area (Å²) in [6.45, 7) is 1.02. The molecule has 2 aliphatic rings. The molecule has 2 aliphatic heterocycles. The summed E-state index contributed by atoms with van der Waals surface area (Å²) in [5, 5.41) is 22.7. The molecular weight excluding hydrogens is 793 g/mol. The van der Waals surface area contributed by atoms with E-state index in [1.165, 1.54) is 48.2 Å². The molecular formula is C46H42O13S. The van der Waals surface area contributed by atoms with Gasteiger partial charge >= 0.3 is 23.9 Å². The average Bonchev–Trinajstić information content (AvgIpc) is 3.29. The molecule has 13 nitrogen and oxygen atoms in total. The van der Waals surface area contributed by atoms with Crippen LogP contribution in [0.5, 0.6) is 0 Å². The van der Waals surface area contributed by atoms with Gasteiger partial charge in [-0.1, -0.05) is 103 Å². The maximum absolute atomic E-state index is 14.0. The van der Waals surface area contributed by atoms with Crippen LogP contribution in [0.4, 0.5) is 0 Å². The summed E-state index contributed by atoms with van der Waals surface area (Å²) in [7, 11) is 0. The van der Waals surface area contributed by atoms with E-state index < -0.39 is 91.0 Å². The van der Waals surface area contributed by atoms with Gasteiger partial charge in [-0.05, 0) is 67.6 Å². The highest BCUT2D eigenvalue weighted by Gasteiger charge is 2.56. The molecule has 10 atom stereocenters. The van der Waals surface area contributed by atoms with E-state index in [-0.39, 0.29) is 22.3 Å². The van der Waals surface area contributed by atoms with Crippen molar-refractivity contribution in [2.45, 2.75) is 72.4 Å². The van der Waals surface area contributed by atoms with Gasteiger partial charge in [0, 0.05) is 4.90 Å². The number of aliphatic hydroxyl groups excluding tert-OH is 2. The minimum Gasteiger partial charge on any atom is -0.459 e. The molecule has 2 N–H and O–H groups in total. The number of hydrogen-bond acceptors (Lipinski definition) is 14. The van der Waals surface area contributed by atoms with Crippen molar-refractivity contribution < 1.29 is 62.5 Å². The summed E-state index contributed by atoms with van der Waals surface area (Å²) in [6, 6.07) is 41.2. The second kappa shape index (κ2) is 19.9. The lowest BCUT2D eigenvalue weighted by Gasteiger charge is -2.47. The van der Waals surface area contributed by atoms with Crippen LogP contribution in [-0.2, 0) is 33.2 Å². The van der Waals surface area contributed by atoms with E-state index in [1.807, 2.05) is 30.3 Å². The number of thioether (sulfide) groups is 1. The van der Waals surface area contributed by atoms with Gasteiger partial charge in [-0.15, -0.1) is 0 Å². The SMILES string of the molecule is C[C@@H]1O[C@H](Sc2ccccc2)[C@@H](O[C@@H]2O[C@H](COC(=O)c3ccccc3)[C@H](OC(=O)c3ccccc3)[C@H](OC(=O)c3ccccc3)[C@H]2OC(=O)c2ccccc2)[C@H](O)[C@@H]1O. The van der Waals surface area contributed by atoms with Crippen LogP contribution in [0, 0.1) is 0 Å². The molecule has 0 saturated carbocycles. The molecule has 2 saturated heterocycles. The van der Waals surface area contributed by atoms with Crippen molar-refractivity contribution in [1.29, 1.82) is 0 Å². The molecule has 0 unspecified atom stereocenters. The Labute approximate surface area is 350 Å². The molecule has 0 bridgehead atoms. The molecule has 0 aromatic heterocycles. The number of esters is 4. The Hall–Kier alpha value is -5.87. The predicted molar refractivity (Wildman–Crippen MR) is 216 cm³/mol. The van der Waals surface area contributed by atoms with Crippen LogP contribution in [-0.4, -0.2) is 101 Å². The van der Waals surface area contributed by atoms with Gasteiger partial charge in [-0.25, -0.2) is 19.2 Å². The lowest BCUT2D eigenvalue weighted by Crippen LogP contribution is -2.65. The lowest BCUT2D eigenvalue weighted by molar-refractivity contribution is -0.331. The zero-order valence-corrected chi connectivity index (χ0v) is 33.0. The van der Waals surface area contributed by atoms with Crippen molar-refractivity contribution in [2.75, 3.05) is 6.61 Å². The van der Waals surface area contributed by atoms with Crippen molar-refractivity contribution in [3.05, 3.63) is 174 Å². The quantitative estimate of drug-likeness (QED) is 0.106. The van der Waals surface area contributed by atoms with E-state index in [0.717, 1.165) is 4.90 Å². The molecule has 310 valence electrons. The molecule has 0 amide bonds. The van der Waals surface area contributed by atoms with Gasteiger partial charge in [0.15, 0.2) is 24.6 Å². The molecule has 2 heterocycles. The Morgan fingerprint density at radius 2 is 0.933 bits per heavy atom. The van der Waals surface area contributed by atoms with Gasteiger partial charge in [-0.2, -0.15) is 0 Å². The first-order chi connectivity index (χ1) is 29.2. The summed E-state index contributed by atoms with van der Waals surface area (Å²) in [5.41, 5.74) is -0.394. The highest BCUT2D eigenvalue weighted by Crippen LogP contribution is 2.38. The molecule has 5 aromatic carbocycles. The van der Waals surface area contributed by atoms with Crippen LogP contribution in [0.2, 0.25) is 0 Å². The largest absolute Gasteiger partial charge is 0.459 e. The van der Waals surface area contributed by atoms with E-state index >= 15 is 0 Å². The molecule has 0 radical (unpaired) electrons. The molecule has 0 aliphatic carbocycles. The smallest absolute Gasteiger partial charge is 0.338 e. The van der Waals surface area contributed by atoms with Gasteiger partial charge < -0.3 is 43.4 Å². The third-order valence-electron chi connectivity index (χ3n) is 9.81. The van der Waals surface area contributed by atoms with Crippen LogP contribution >= 0.6 is 11.8 Å². The van der Waals surface area contributed by atoms with E-state index in [2.05, 4.69) is 0 Å². The summed E-state index contributed by atoms with van der Waals surface area (Å²) >= 11 is 1.20. The first kappa shape index (κ1) is 42.3. The summed E-state index contributed by atoms with van der Waals surface area (Å²) < 4.78 is 43.3. The zero-order chi connectivity index (χ0) is 42.0. The first-order valence-corrected chi connectivity index (χ1v) is 20.1. The van der Waals surface area contributed by atoms with Crippen LogP contribution in [0.1, 0.15) is 48.4 Å². The van der Waals surface area contributed by atoms with Gasteiger partial charge in [-0.3, -0.25) is 0 Å². The van der Waals surface area contributed by atoms with Gasteiger partial charge in [0.25, 0.3) is 0 Å². The number of carbonyl (C=O) groups is 4.